The summed E-state index contributed by atoms with van der Waals surface area (Å²) < 4.78 is 35.5. The van der Waals surface area contributed by atoms with Gasteiger partial charge in [0.05, 0.1) is 15.1 Å². The number of benzene rings is 2. The van der Waals surface area contributed by atoms with Crippen LogP contribution in [-0.2, 0) is 16.7 Å². The van der Waals surface area contributed by atoms with E-state index in [4.69, 9.17) is 0 Å². The second-order valence-corrected chi connectivity index (χ2v) is 10.4. The molecule has 3 aromatic rings. The zero-order valence-corrected chi connectivity index (χ0v) is 18.7. The predicted octanol–water partition coefficient (Wildman–Crippen LogP) is 4.79. The van der Waals surface area contributed by atoms with Crippen LogP contribution in [0, 0.1) is 6.92 Å². The number of hydrogen-bond acceptors (Lipinski definition) is 6. The molecule has 1 atom stereocenters. The quantitative estimate of drug-likeness (QED) is 0.460. The second kappa shape index (κ2) is 7.71. The van der Waals surface area contributed by atoms with Crippen molar-refractivity contribution < 1.29 is 13.0 Å². The van der Waals surface area contributed by atoms with Gasteiger partial charge in [0, 0.05) is 17.4 Å². The molecule has 1 aliphatic heterocycles. The first-order valence-corrected chi connectivity index (χ1v) is 12.4. The van der Waals surface area contributed by atoms with E-state index in [1.807, 2.05) is 0 Å². The van der Waals surface area contributed by atoms with E-state index in [2.05, 4.69) is 53.7 Å². The van der Waals surface area contributed by atoms with Gasteiger partial charge in [-0.05, 0) is 55.7 Å². The van der Waals surface area contributed by atoms with Crippen LogP contribution in [0.3, 0.4) is 0 Å². The Labute approximate surface area is 177 Å². The summed E-state index contributed by atoms with van der Waals surface area (Å²) in [5.74, 6) is 0.0703. The van der Waals surface area contributed by atoms with Crippen molar-refractivity contribution in [2.75, 3.05) is 0 Å². The third-order valence-corrected chi connectivity index (χ3v) is 8.00. The zero-order valence-electron chi connectivity index (χ0n) is 16.3. The minimum atomic E-state index is -4.23. The van der Waals surface area contributed by atoms with E-state index in [0.29, 0.717) is 0 Å². The van der Waals surface area contributed by atoms with E-state index in [9.17, 15) is 13.0 Å². The monoisotopic (exact) mass is 447 g/mol. The van der Waals surface area contributed by atoms with Crippen molar-refractivity contribution in [1.82, 2.24) is 4.57 Å². The lowest BCUT2D eigenvalue weighted by Crippen LogP contribution is -2.13. The van der Waals surface area contributed by atoms with Crippen LogP contribution in [-0.4, -0.2) is 22.6 Å². The number of aryl methyl sites for hydroxylation is 2. The number of thioether (sulfide) groups is 1. The highest BCUT2D eigenvalue weighted by Gasteiger charge is 2.30. The fourth-order valence-corrected chi connectivity index (χ4v) is 6.49. The molecular weight excluding hydrogens is 426 g/mol. The predicted molar refractivity (Wildman–Crippen MR) is 118 cm³/mol. The van der Waals surface area contributed by atoms with Gasteiger partial charge in [-0.25, -0.2) is 0 Å². The smallest absolute Gasteiger partial charge is 0.294 e. The third-order valence-electron chi connectivity index (χ3n) is 4.97. The molecule has 0 fully saturated rings. The van der Waals surface area contributed by atoms with Crippen LogP contribution in [0.2, 0.25) is 0 Å². The first kappa shape index (κ1) is 20.3. The largest absolute Gasteiger partial charge is 0.315 e. The van der Waals surface area contributed by atoms with Crippen LogP contribution in [0.5, 0.6) is 0 Å². The van der Waals surface area contributed by atoms with Gasteiger partial charge in [0.25, 0.3) is 10.1 Å². The van der Waals surface area contributed by atoms with Gasteiger partial charge in [0.1, 0.15) is 5.04 Å². The van der Waals surface area contributed by atoms with Gasteiger partial charge in [0.15, 0.2) is 0 Å². The van der Waals surface area contributed by atoms with Gasteiger partial charge in [-0.15, -0.1) is 10.2 Å². The molecule has 1 N–H and O–H groups in total. The lowest BCUT2D eigenvalue weighted by molar-refractivity contribution is 0.483. The Hall–Kier alpha value is -1.94. The Bertz CT molecular complexity index is 1300. The van der Waals surface area contributed by atoms with Gasteiger partial charge >= 0.3 is 0 Å². The van der Waals surface area contributed by atoms with Gasteiger partial charge in [-0.2, -0.15) is 8.42 Å². The maximum Gasteiger partial charge on any atom is 0.294 e. The Kier molecular flexibility index (Phi) is 5.41. The fourth-order valence-electron chi connectivity index (χ4n) is 3.51. The Morgan fingerprint density at radius 3 is 2.62 bits per heavy atom. The second-order valence-electron chi connectivity index (χ2n) is 6.88. The van der Waals surface area contributed by atoms with E-state index in [0.717, 1.165) is 38.8 Å². The molecule has 0 bridgehead atoms. The minimum Gasteiger partial charge on any atom is -0.315 e. The van der Waals surface area contributed by atoms with E-state index in [1.165, 1.54) is 34.2 Å². The van der Waals surface area contributed by atoms with Crippen LogP contribution < -0.4 is 4.80 Å². The SMILES string of the molecule is CCC1/C(=N/N=c2\sc3cc(C)ccc3n2CC)Sc2cc(S(=O)(=O)O)ccc21. The van der Waals surface area contributed by atoms with Crippen molar-refractivity contribution in [2.45, 2.75) is 49.4 Å². The summed E-state index contributed by atoms with van der Waals surface area (Å²) in [6.07, 6.45) is 0.832. The maximum atomic E-state index is 11.5. The van der Waals surface area contributed by atoms with Crippen molar-refractivity contribution >= 4 is 48.5 Å². The van der Waals surface area contributed by atoms with E-state index >= 15 is 0 Å². The first-order valence-electron chi connectivity index (χ1n) is 9.32. The molecule has 1 aromatic heterocycles. The highest BCUT2D eigenvalue weighted by molar-refractivity contribution is 8.14. The van der Waals surface area contributed by atoms with Crippen molar-refractivity contribution in [2.24, 2.45) is 10.2 Å². The third kappa shape index (κ3) is 3.79. The molecule has 0 saturated heterocycles. The van der Waals surface area contributed by atoms with Crippen molar-refractivity contribution in [1.29, 1.82) is 0 Å². The highest BCUT2D eigenvalue weighted by atomic mass is 32.2. The van der Waals surface area contributed by atoms with Crippen LogP contribution in [0.25, 0.3) is 10.2 Å². The highest BCUT2D eigenvalue weighted by Crippen LogP contribution is 2.44. The molecule has 2 aromatic carbocycles. The number of nitrogens with zero attached hydrogens (tertiary/aromatic N) is 3. The van der Waals surface area contributed by atoms with Crippen molar-refractivity contribution in [3.05, 3.63) is 52.3 Å². The zero-order chi connectivity index (χ0) is 20.8. The number of fused-ring (bicyclic) bond motifs is 2. The molecule has 2 heterocycles. The summed E-state index contributed by atoms with van der Waals surface area (Å²) in [5, 5.41) is 9.96. The lowest BCUT2D eigenvalue weighted by atomic mass is 9.98. The molecule has 4 rings (SSSR count). The van der Waals surface area contributed by atoms with Gasteiger partial charge < -0.3 is 4.57 Å². The summed E-state index contributed by atoms with van der Waals surface area (Å²) in [6.45, 7) is 7.03. The van der Waals surface area contributed by atoms with E-state index in [1.54, 1.807) is 17.4 Å². The Morgan fingerprint density at radius 1 is 1.14 bits per heavy atom. The Balaban J connectivity index is 1.78. The normalized spacial score (nSPS) is 18.7. The molecule has 9 heteroatoms. The minimum absolute atomic E-state index is 0.0703. The van der Waals surface area contributed by atoms with Crippen molar-refractivity contribution in [3.8, 4) is 0 Å². The van der Waals surface area contributed by atoms with Gasteiger partial charge in [0.2, 0.25) is 4.80 Å². The lowest BCUT2D eigenvalue weighted by Gasteiger charge is -2.07. The average molecular weight is 448 g/mol. The molecule has 6 nitrogen and oxygen atoms in total. The molecule has 1 unspecified atom stereocenters. The standard InChI is InChI=1S/C20H21N3O3S3/c1-4-14-15-8-7-13(29(24,25)26)11-17(15)27-19(14)21-22-20-23(5-2)16-9-6-12(3)10-18(16)28-20/h6-11,14H,4-5H2,1-3H3,(H,24,25,26)/b21-19-,22-20-. The van der Waals surface area contributed by atoms with Gasteiger partial charge in [-0.1, -0.05) is 42.2 Å². The number of thiazole rings is 1. The summed E-state index contributed by atoms with van der Waals surface area (Å²) in [7, 11) is -4.23. The van der Waals surface area contributed by atoms with E-state index in [-0.39, 0.29) is 10.8 Å². The van der Waals surface area contributed by atoms with Crippen LogP contribution in [0.1, 0.15) is 37.3 Å². The maximum absolute atomic E-state index is 11.5. The van der Waals surface area contributed by atoms with Crippen LogP contribution in [0.15, 0.2) is 56.4 Å². The molecule has 0 aliphatic carbocycles. The molecule has 29 heavy (non-hydrogen) atoms. The summed E-state index contributed by atoms with van der Waals surface area (Å²) >= 11 is 3.03. The Morgan fingerprint density at radius 2 is 1.93 bits per heavy atom. The molecular formula is C20H21N3O3S3. The number of aromatic nitrogens is 1. The molecule has 0 saturated carbocycles. The van der Waals surface area contributed by atoms with Gasteiger partial charge in [-0.3, -0.25) is 4.55 Å². The van der Waals surface area contributed by atoms with Crippen molar-refractivity contribution in [3.63, 3.8) is 0 Å². The first-order chi connectivity index (χ1) is 13.8. The summed E-state index contributed by atoms with van der Waals surface area (Å²) in [5.41, 5.74) is 3.38. The fraction of sp³-hybridized carbons (Fsp3) is 0.300. The van der Waals surface area contributed by atoms with Crippen LogP contribution in [0.4, 0.5) is 0 Å². The molecule has 0 spiro atoms. The molecule has 152 valence electrons. The summed E-state index contributed by atoms with van der Waals surface area (Å²) in [4.78, 5) is 1.54. The van der Waals surface area contributed by atoms with Crippen LogP contribution >= 0.6 is 23.1 Å². The van der Waals surface area contributed by atoms with E-state index < -0.39 is 10.1 Å². The molecule has 0 radical (unpaired) electrons. The summed E-state index contributed by atoms with van der Waals surface area (Å²) in [6, 6.07) is 11.1. The topological polar surface area (TPSA) is 84.0 Å². The average Bonchev–Trinajstić information content (AvgIpc) is 3.21. The molecule has 1 aliphatic rings. The number of hydrogen-bond donors (Lipinski definition) is 1. The molecule has 0 amide bonds. The number of rotatable bonds is 4.